The van der Waals surface area contributed by atoms with Gasteiger partial charge in [0.25, 0.3) is 0 Å². The minimum absolute atomic E-state index is 0.356. The van der Waals surface area contributed by atoms with Crippen LogP contribution in [0, 0.1) is 0 Å². The third-order valence-electron chi connectivity index (χ3n) is 1.14. The zero-order valence-corrected chi connectivity index (χ0v) is 4.65. The normalized spacial score (nSPS) is 11.8. The van der Waals surface area contributed by atoms with Gasteiger partial charge in [0.05, 0.1) is 13.1 Å². The molecule has 2 rings (SSSR count). The highest BCUT2D eigenvalue weighted by atomic mass is 15.4. The summed E-state index contributed by atoms with van der Waals surface area (Å²) in [6.45, 7) is 0. The average Bonchev–Trinajstić information content (AvgIpc) is 2.36. The molecule has 0 aliphatic heterocycles. The second kappa shape index (κ2) is 1.55. The number of hydrogen-bond donors (Lipinski definition) is 0. The van der Waals surface area contributed by atoms with E-state index >= 15 is 0 Å². The SMILES string of the molecule is [2H]c1cccc2cnnn12. The van der Waals surface area contributed by atoms with Crippen LogP contribution in [0.4, 0.5) is 0 Å². The highest BCUT2D eigenvalue weighted by Gasteiger charge is 1.86. The second-order valence-electron chi connectivity index (χ2n) is 1.73. The Morgan fingerprint density at radius 2 is 2.56 bits per heavy atom. The molecule has 0 atom stereocenters. The number of nitrogens with zero attached hydrogens (tertiary/aromatic N) is 3. The molecule has 0 aliphatic carbocycles. The van der Waals surface area contributed by atoms with Gasteiger partial charge in [0.15, 0.2) is 0 Å². The lowest BCUT2D eigenvalue weighted by atomic mass is 10.4. The third kappa shape index (κ3) is 0.579. The second-order valence-corrected chi connectivity index (χ2v) is 1.73. The Morgan fingerprint density at radius 3 is 3.44 bits per heavy atom. The van der Waals surface area contributed by atoms with Crippen LogP contribution in [0.2, 0.25) is 0 Å². The number of fused-ring (bicyclic) bond motifs is 1. The molecule has 0 N–H and O–H groups in total. The van der Waals surface area contributed by atoms with Crippen molar-refractivity contribution in [2.24, 2.45) is 0 Å². The molecule has 0 unspecified atom stereocenters. The summed E-state index contributed by atoms with van der Waals surface area (Å²) in [5.74, 6) is 0. The molecule has 3 nitrogen and oxygen atoms in total. The lowest BCUT2D eigenvalue weighted by molar-refractivity contribution is 0.855. The van der Waals surface area contributed by atoms with E-state index in [9.17, 15) is 0 Å². The Hall–Kier alpha value is -1.38. The van der Waals surface area contributed by atoms with E-state index in [1.54, 1.807) is 18.3 Å². The van der Waals surface area contributed by atoms with Gasteiger partial charge in [-0.2, -0.15) is 0 Å². The maximum atomic E-state index is 7.34. The lowest BCUT2D eigenvalue weighted by Gasteiger charge is -1.84. The molecule has 0 fully saturated rings. The molecule has 2 aromatic rings. The third-order valence-corrected chi connectivity index (χ3v) is 1.14. The smallest absolute Gasteiger partial charge is 0.0864 e. The number of hydrogen-bond acceptors (Lipinski definition) is 2. The summed E-state index contributed by atoms with van der Waals surface area (Å²) < 4.78 is 8.81. The molecular formula is C6H5N3. The van der Waals surface area contributed by atoms with Crippen molar-refractivity contribution in [1.29, 1.82) is 0 Å². The highest BCUT2D eigenvalue weighted by Crippen LogP contribution is 1.95. The molecular weight excluding hydrogens is 114 g/mol. The Morgan fingerprint density at radius 1 is 1.56 bits per heavy atom. The molecule has 0 radical (unpaired) electrons. The number of rotatable bonds is 0. The van der Waals surface area contributed by atoms with Crippen molar-refractivity contribution in [3.63, 3.8) is 0 Å². The summed E-state index contributed by atoms with van der Waals surface area (Å²) in [6.07, 6.45) is 1.98. The van der Waals surface area contributed by atoms with Gasteiger partial charge in [0, 0.05) is 6.17 Å². The number of aromatic nitrogens is 3. The molecule has 9 heavy (non-hydrogen) atoms. The Bertz CT molecular complexity index is 355. The summed E-state index contributed by atoms with van der Waals surface area (Å²) in [6, 6.07) is 5.33. The fraction of sp³-hybridized carbons (Fsp3) is 0. The summed E-state index contributed by atoms with van der Waals surface area (Å²) in [7, 11) is 0. The van der Waals surface area contributed by atoms with Crippen LogP contribution in [0.3, 0.4) is 0 Å². The van der Waals surface area contributed by atoms with Crippen LogP contribution in [0.1, 0.15) is 1.37 Å². The summed E-state index contributed by atoms with van der Waals surface area (Å²) in [4.78, 5) is 0. The van der Waals surface area contributed by atoms with E-state index in [-0.39, 0.29) is 0 Å². The minimum atomic E-state index is 0.356. The van der Waals surface area contributed by atoms with Crippen LogP contribution in [0.15, 0.2) is 30.6 Å². The van der Waals surface area contributed by atoms with Crippen molar-refractivity contribution in [2.75, 3.05) is 0 Å². The van der Waals surface area contributed by atoms with Gasteiger partial charge in [-0.1, -0.05) is 11.3 Å². The Kier molecular flexibility index (Phi) is 0.621. The first-order valence-electron chi connectivity index (χ1n) is 3.14. The quantitative estimate of drug-likeness (QED) is 0.513. The van der Waals surface area contributed by atoms with Gasteiger partial charge in [-0.25, -0.2) is 4.52 Å². The van der Waals surface area contributed by atoms with Gasteiger partial charge >= 0.3 is 0 Å². The lowest BCUT2D eigenvalue weighted by Crippen LogP contribution is -1.82. The van der Waals surface area contributed by atoms with E-state index in [0.717, 1.165) is 5.52 Å². The predicted octanol–water partition coefficient (Wildman–Crippen LogP) is 0.729. The molecule has 2 heterocycles. The van der Waals surface area contributed by atoms with Crippen LogP contribution in [-0.4, -0.2) is 14.8 Å². The molecule has 0 aromatic carbocycles. The molecule has 0 amide bonds. The van der Waals surface area contributed by atoms with Crippen molar-refractivity contribution in [3.8, 4) is 0 Å². The molecule has 3 heteroatoms. The monoisotopic (exact) mass is 120 g/mol. The fourth-order valence-corrected chi connectivity index (χ4v) is 0.717. The van der Waals surface area contributed by atoms with Crippen molar-refractivity contribution < 1.29 is 1.37 Å². The van der Waals surface area contributed by atoms with Crippen molar-refractivity contribution in [1.82, 2.24) is 14.8 Å². The topological polar surface area (TPSA) is 30.2 Å². The van der Waals surface area contributed by atoms with E-state index in [2.05, 4.69) is 10.3 Å². The van der Waals surface area contributed by atoms with E-state index in [1.165, 1.54) is 4.52 Å². The van der Waals surface area contributed by atoms with Gasteiger partial charge in [-0.3, -0.25) is 0 Å². The van der Waals surface area contributed by atoms with Crippen molar-refractivity contribution in [2.45, 2.75) is 0 Å². The maximum Gasteiger partial charge on any atom is 0.0864 e. The highest BCUT2D eigenvalue weighted by molar-refractivity contribution is 5.41. The van der Waals surface area contributed by atoms with Crippen LogP contribution < -0.4 is 0 Å². The van der Waals surface area contributed by atoms with E-state index in [1.807, 2.05) is 6.07 Å². The van der Waals surface area contributed by atoms with Gasteiger partial charge in [0.2, 0.25) is 0 Å². The zero-order valence-electron chi connectivity index (χ0n) is 5.65. The maximum absolute atomic E-state index is 7.34. The van der Waals surface area contributed by atoms with E-state index in [4.69, 9.17) is 1.37 Å². The molecule has 44 valence electrons. The van der Waals surface area contributed by atoms with Gasteiger partial charge in [-0.05, 0) is 12.1 Å². The zero-order chi connectivity index (χ0) is 6.97. The molecule has 0 saturated carbocycles. The summed E-state index contributed by atoms with van der Waals surface area (Å²) in [5.41, 5.74) is 0.854. The standard InChI is InChI=1S/C6H5N3/c1-2-4-9-6(3-1)5-7-8-9/h1-5H/i4D. The van der Waals surface area contributed by atoms with Crippen molar-refractivity contribution in [3.05, 3.63) is 30.6 Å². The molecule has 0 bridgehead atoms. The molecule has 2 aromatic heterocycles. The van der Waals surface area contributed by atoms with Crippen molar-refractivity contribution >= 4 is 5.52 Å². The average molecular weight is 120 g/mol. The summed E-state index contributed by atoms with van der Waals surface area (Å²) in [5, 5.41) is 7.35. The van der Waals surface area contributed by atoms with Gasteiger partial charge in [-0.15, -0.1) is 5.10 Å². The summed E-state index contributed by atoms with van der Waals surface area (Å²) >= 11 is 0. The van der Waals surface area contributed by atoms with E-state index in [0.29, 0.717) is 6.17 Å². The fourth-order valence-electron chi connectivity index (χ4n) is 0.717. The van der Waals surface area contributed by atoms with Crippen LogP contribution in [-0.2, 0) is 0 Å². The first kappa shape index (κ1) is 3.61. The largest absolute Gasteiger partial charge is 0.221 e. The molecule has 0 aliphatic rings. The van der Waals surface area contributed by atoms with Crippen LogP contribution in [0.5, 0.6) is 0 Å². The van der Waals surface area contributed by atoms with Gasteiger partial charge < -0.3 is 0 Å². The van der Waals surface area contributed by atoms with E-state index < -0.39 is 0 Å². The Labute approximate surface area is 53.3 Å². The van der Waals surface area contributed by atoms with Gasteiger partial charge in [0.1, 0.15) is 0 Å². The minimum Gasteiger partial charge on any atom is -0.221 e. The predicted molar refractivity (Wildman–Crippen MR) is 33.0 cm³/mol. The van der Waals surface area contributed by atoms with Crippen LogP contribution >= 0.6 is 0 Å². The molecule has 0 spiro atoms. The molecule has 0 saturated heterocycles. The van der Waals surface area contributed by atoms with Crippen LogP contribution in [0.25, 0.3) is 5.52 Å². The number of pyridine rings is 1. The first-order valence-corrected chi connectivity index (χ1v) is 2.64. The Balaban J connectivity index is 2.95. The first-order chi connectivity index (χ1) is 4.88.